The highest BCUT2D eigenvalue weighted by atomic mass is 35.5. The zero-order valence-corrected chi connectivity index (χ0v) is 19.3. The summed E-state index contributed by atoms with van der Waals surface area (Å²) in [5.74, 6) is 0.446. The third-order valence-corrected chi connectivity index (χ3v) is 5.81. The summed E-state index contributed by atoms with van der Waals surface area (Å²) in [5.41, 5.74) is 2.95. The SMILES string of the molecule is CCOc1ccc(C2=C(Nc3cccc(Cl)c3C)C(=O)N(c3ccc(OC)cc3)C2=O)cc1. The van der Waals surface area contributed by atoms with Gasteiger partial charge in [-0.05, 0) is 73.5 Å². The molecular weight excluding hydrogens is 440 g/mol. The summed E-state index contributed by atoms with van der Waals surface area (Å²) in [5, 5.41) is 3.73. The summed E-state index contributed by atoms with van der Waals surface area (Å²) in [7, 11) is 1.56. The summed E-state index contributed by atoms with van der Waals surface area (Å²) in [6.45, 7) is 4.29. The van der Waals surface area contributed by atoms with E-state index in [1.54, 1.807) is 67.8 Å². The second kappa shape index (κ2) is 9.38. The van der Waals surface area contributed by atoms with Gasteiger partial charge in [-0.3, -0.25) is 9.59 Å². The quantitative estimate of drug-likeness (QED) is 0.473. The smallest absolute Gasteiger partial charge is 0.282 e. The third-order valence-electron chi connectivity index (χ3n) is 5.40. The lowest BCUT2D eigenvalue weighted by molar-refractivity contribution is -0.120. The van der Waals surface area contributed by atoms with Crippen LogP contribution >= 0.6 is 11.6 Å². The first-order valence-electron chi connectivity index (χ1n) is 10.5. The van der Waals surface area contributed by atoms with Crippen LogP contribution < -0.4 is 19.7 Å². The lowest BCUT2D eigenvalue weighted by Gasteiger charge is -2.16. The number of carbonyl (C=O) groups excluding carboxylic acids is 2. The van der Waals surface area contributed by atoms with Crippen LogP contribution in [0.1, 0.15) is 18.1 Å². The second-order valence-electron chi connectivity index (χ2n) is 7.39. The Kier molecular flexibility index (Phi) is 6.38. The van der Waals surface area contributed by atoms with Crippen LogP contribution in [0.4, 0.5) is 11.4 Å². The molecule has 0 saturated carbocycles. The van der Waals surface area contributed by atoms with Crippen molar-refractivity contribution in [1.29, 1.82) is 0 Å². The summed E-state index contributed by atoms with van der Waals surface area (Å²) < 4.78 is 10.7. The first kappa shape index (κ1) is 22.4. The van der Waals surface area contributed by atoms with E-state index in [1.165, 1.54) is 0 Å². The van der Waals surface area contributed by atoms with Crippen LogP contribution in [-0.2, 0) is 9.59 Å². The molecule has 3 aromatic rings. The van der Waals surface area contributed by atoms with E-state index in [9.17, 15) is 9.59 Å². The molecule has 0 unspecified atom stereocenters. The fourth-order valence-corrected chi connectivity index (χ4v) is 3.82. The summed E-state index contributed by atoms with van der Waals surface area (Å²) in [6.07, 6.45) is 0. The monoisotopic (exact) mass is 462 g/mol. The average Bonchev–Trinajstić information content (AvgIpc) is 3.07. The van der Waals surface area contributed by atoms with Crippen LogP contribution in [0.2, 0.25) is 5.02 Å². The van der Waals surface area contributed by atoms with Crippen molar-refractivity contribution in [2.45, 2.75) is 13.8 Å². The molecule has 33 heavy (non-hydrogen) atoms. The standard InChI is InChI=1S/C26H23ClN2O4/c1-4-33-20-12-8-17(9-13-20)23-24(28-22-7-5-6-21(27)16(22)2)26(31)29(25(23)30)18-10-14-19(32-3)15-11-18/h5-15,28H,4H2,1-3H3. The van der Waals surface area contributed by atoms with E-state index in [0.717, 1.165) is 10.5 Å². The highest BCUT2D eigenvalue weighted by Gasteiger charge is 2.40. The first-order valence-corrected chi connectivity index (χ1v) is 10.8. The molecule has 0 aromatic heterocycles. The van der Waals surface area contributed by atoms with Gasteiger partial charge in [0.1, 0.15) is 17.2 Å². The molecule has 6 nitrogen and oxygen atoms in total. The number of rotatable bonds is 7. The van der Waals surface area contributed by atoms with Crippen molar-refractivity contribution < 1.29 is 19.1 Å². The molecule has 7 heteroatoms. The number of nitrogens with zero attached hydrogens (tertiary/aromatic N) is 1. The number of benzene rings is 3. The predicted octanol–water partition coefficient (Wildman–Crippen LogP) is 5.45. The van der Waals surface area contributed by atoms with Crippen molar-refractivity contribution in [3.8, 4) is 11.5 Å². The molecule has 0 radical (unpaired) electrons. The molecule has 4 rings (SSSR count). The second-order valence-corrected chi connectivity index (χ2v) is 7.80. The molecule has 0 atom stereocenters. The van der Waals surface area contributed by atoms with Crippen molar-refractivity contribution >= 4 is 40.4 Å². The molecule has 0 fully saturated rings. The number of nitrogens with one attached hydrogen (secondary N) is 1. The van der Waals surface area contributed by atoms with Crippen LogP contribution in [0.25, 0.3) is 5.57 Å². The van der Waals surface area contributed by atoms with E-state index < -0.39 is 11.8 Å². The van der Waals surface area contributed by atoms with Gasteiger partial charge in [0.2, 0.25) is 0 Å². The molecule has 0 spiro atoms. The molecule has 1 aliphatic rings. The average molecular weight is 463 g/mol. The maximum atomic E-state index is 13.6. The van der Waals surface area contributed by atoms with E-state index in [4.69, 9.17) is 21.1 Å². The molecular formula is C26H23ClN2O4. The maximum Gasteiger partial charge on any atom is 0.282 e. The van der Waals surface area contributed by atoms with E-state index in [2.05, 4.69) is 5.32 Å². The van der Waals surface area contributed by atoms with Crippen LogP contribution in [-0.4, -0.2) is 25.5 Å². The number of carbonyl (C=O) groups is 2. The summed E-state index contributed by atoms with van der Waals surface area (Å²) in [6, 6.07) is 19.3. The van der Waals surface area contributed by atoms with Gasteiger partial charge in [-0.15, -0.1) is 0 Å². The van der Waals surface area contributed by atoms with E-state index in [-0.39, 0.29) is 11.3 Å². The molecule has 1 aliphatic heterocycles. The zero-order valence-electron chi connectivity index (χ0n) is 18.5. The number of anilines is 2. The van der Waals surface area contributed by atoms with Crippen LogP contribution in [0.3, 0.4) is 0 Å². The fraction of sp³-hybridized carbons (Fsp3) is 0.154. The first-order chi connectivity index (χ1) is 15.9. The third kappa shape index (κ3) is 4.30. The summed E-state index contributed by atoms with van der Waals surface area (Å²) in [4.78, 5) is 28.2. The number of ether oxygens (including phenoxy) is 2. The van der Waals surface area contributed by atoms with Gasteiger partial charge in [0, 0.05) is 10.7 Å². The lowest BCUT2D eigenvalue weighted by atomic mass is 10.0. The lowest BCUT2D eigenvalue weighted by Crippen LogP contribution is -2.32. The Hall–Kier alpha value is -3.77. The predicted molar refractivity (Wildman–Crippen MR) is 130 cm³/mol. The van der Waals surface area contributed by atoms with Crippen molar-refractivity contribution in [1.82, 2.24) is 0 Å². The van der Waals surface area contributed by atoms with Crippen molar-refractivity contribution in [3.63, 3.8) is 0 Å². The van der Waals surface area contributed by atoms with Gasteiger partial charge < -0.3 is 14.8 Å². The minimum absolute atomic E-state index is 0.186. The van der Waals surface area contributed by atoms with Gasteiger partial charge in [0.25, 0.3) is 11.8 Å². The van der Waals surface area contributed by atoms with Crippen LogP contribution in [0, 0.1) is 6.92 Å². The van der Waals surface area contributed by atoms with Crippen LogP contribution in [0.15, 0.2) is 72.4 Å². The van der Waals surface area contributed by atoms with Crippen molar-refractivity contribution in [2.24, 2.45) is 0 Å². The van der Waals surface area contributed by atoms with Crippen molar-refractivity contribution in [3.05, 3.63) is 88.6 Å². The highest BCUT2D eigenvalue weighted by Crippen LogP contribution is 2.36. The topological polar surface area (TPSA) is 67.9 Å². The molecule has 0 saturated heterocycles. The maximum absolute atomic E-state index is 13.6. The Morgan fingerprint density at radius 2 is 1.58 bits per heavy atom. The van der Waals surface area contributed by atoms with Gasteiger partial charge in [-0.1, -0.05) is 29.8 Å². The van der Waals surface area contributed by atoms with Gasteiger partial charge in [-0.25, -0.2) is 4.90 Å². The summed E-state index contributed by atoms with van der Waals surface area (Å²) >= 11 is 6.27. The highest BCUT2D eigenvalue weighted by molar-refractivity contribution is 6.46. The van der Waals surface area contributed by atoms with Gasteiger partial charge in [-0.2, -0.15) is 0 Å². The minimum atomic E-state index is -0.451. The number of imide groups is 1. The van der Waals surface area contributed by atoms with Gasteiger partial charge in [0.05, 0.1) is 25.0 Å². The Labute approximate surface area is 197 Å². The number of hydrogen-bond acceptors (Lipinski definition) is 5. The van der Waals surface area contributed by atoms with Gasteiger partial charge in [0.15, 0.2) is 0 Å². The normalized spacial score (nSPS) is 13.5. The fourth-order valence-electron chi connectivity index (χ4n) is 3.64. The van der Waals surface area contributed by atoms with E-state index >= 15 is 0 Å². The van der Waals surface area contributed by atoms with Gasteiger partial charge >= 0.3 is 0 Å². The molecule has 3 aromatic carbocycles. The number of hydrogen-bond donors (Lipinski definition) is 1. The molecule has 0 aliphatic carbocycles. The molecule has 0 bridgehead atoms. The molecule has 1 heterocycles. The number of amides is 2. The largest absolute Gasteiger partial charge is 0.497 e. The number of methoxy groups -OCH3 is 1. The number of halogens is 1. The molecule has 1 N–H and O–H groups in total. The minimum Gasteiger partial charge on any atom is -0.497 e. The van der Waals surface area contributed by atoms with Crippen LogP contribution in [0.5, 0.6) is 11.5 Å². The van der Waals surface area contributed by atoms with E-state index in [0.29, 0.717) is 40.1 Å². The Morgan fingerprint density at radius 3 is 2.21 bits per heavy atom. The van der Waals surface area contributed by atoms with Crippen molar-refractivity contribution in [2.75, 3.05) is 23.9 Å². The Balaban J connectivity index is 1.80. The Morgan fingerprint density at radius 1 is 0.909 bits per heavy atom. The molecule has 168 valence electrons. The zero-order chi connectivity index (χ0) is 23.5. The van der Waals surface area contributed by atoms with E-state index in [1.807, 2.05) is 19.9 Å². The Bertz CT molecular complexity index is 1230. The molecule has 2 amide bonds.